The van der Waals surface area contributed by atoms with Crippen LogP contribution in [0.25, 0.3) is 0 Å². The standard InChI is InChI=1S/C19H22N4OS/c1-13-4-5-15-16(11-20)19(25-17(15)10-13)21-18(24)12-23-8-6-14(7-9-23)22(2)3/h6-9,13H,4-5,10,12H2,1-3H3/p+1/t13-/m1/s1. The first kappa shape index (κ1) is 17.4. The van der Waals surface area contributed by atoms with Crippen LogP contribution in [0.15, 0.2) is 24.5 Å². The van der Waals surface area contributed by atoms with Gasteiger partial charge < -0.3 is 10.2 Å². The van der Waals surface area contributed by atoms with Gasteiger partial charge in [-0.3, -0.25) is 4.79 Å². The molecule has 0 saturated carbocycles. The number of pyridine rings is 1. The summed E-state index contributed by atoms with van der Waals surface area (Å²) >= 11 is 1.57. The van der Waals surface area contributed by atoms with E-state index in [1.807, 2.05) is 48.1 Å². The third-order valence-electron chi connectivity index (χ3n) is 4.59. The summed E-state index contributed by atoms with van der Waals surface area (Å²) in [6, 6.07) is 6.23. The molecule has 0 radical (unpaired) electrons. The number of hydrogen-bond acceptors (Lipinski definition) is 4. The Morgan fingerprint density at radius 2 is 2.16 bits per heavy atom. The number of rotatable bonds is 4. The number of nitrogens with one attached hydrogen (secondary N) is 1. The van der Waals surface area contributed by atoms with Gasteiger partial charge in [0.2, 0.25) is 6.54 Å². The number of anilines is 2. The summed E-state index contributed by atoms with van der Waals surface area (Å²) in [5.74, 6) is 0.540. The quantitative estimate of drug-likeness (QED) is 0.858. The molecule has 0 bridgehead atoms. The van der Waals surface area contributed by atoms with Gasteiger partial charge in [0.05, 0.1) is 5.56 Å². The van der Waals surface area contributed by atoms with Crippen molar-refractivity contribution in [3.63, 3.8) is 0 Å². The minimum Gasteiger partial charge on any atom is -0.377 e. The lowest BCUT2D eigenvalue weighted by molar-refractivity contribution is -0.684. The van der Waals surface area contributed by atoms with E-state index in [1.54, 1.807) is 11.3 Å². The summed E-state index contributed by atoms with van der Waals surface area (Å²) < 4.78 is 1.84. The zero-order chi connectivity index (χ0) is 18.0. The Kier molecular flexibility index (Phi) is 5.05. The maximum absolute atomic E-state index is 12.4. The maximum Gasteiger partial charge on any atom is 0.290 e. The van der Waals surface area contributed by atoms with Crippen LogP contribution in [0, 0.1) is 17.2 Å². The van der Waals surface area contributed by atoms with E-state index in [4.69, 9.17) is 0 Å². The molecule has 6 heteroatoms. The lowest BCUT2D eigenvalue weighted by Crippen LogP contribution is -2.39. The summed E-state index contributed by atoms with van der Waals surface area (Å²) in [5.41, 5.74) is 2.89. The van der Waals surface area contributed by atoms with Crippen LogP contribution in [0.5, 0.6) is 0 Å². The first-order valence-electron chi connectivity index (χ1n) is 8.49. The average Bonchev–Trinajstić information content (AvgIpc) is 2.90. The molecule has 2 heterocycles. The van der Waals surface area contributed by atoms with Gasteiger partial charge in [0, 0.05) is 36.8 Å². The molecule has 0 aromatic carbocycles. The normalized spacial score (nSPS) is 16.0. The number of carbonyl (C=O) groups excluding carboxylic acids is 1. The molecule has 2 aromatic heterocycles. The monoisotopic (exact) mass is 355 g/mol. The molecule has 1 N–H and O–H groups in total. The Bertz CT molecular complexity index is 817. The van der Waals surface area contributed by atoms with Crippen molar-refractivity contribution >= 4 is 27.9 Å². The molecule has 5 nitrogen and oxygen atoms in total. The molecule has 1 atom stereocenters. The number of thiophene rings is 1. The van der Waals surface area contributed by atoms with Gasteiger partial charge in [-0.25, -0.2) is 0 Å². The van der Waals surface area contributed by atoms with Crippen molar-refractivity contribution in [3.05, 3.63) is 40.5 Å². The van der Waals surface area contributed by atoms with Crippen molar-refractivity contribution in [3.8, 4) is 6.07 Å². The minimum absolute atomic E-state index is 0.106. The molecular formula is C19H23N4OS+. The molecule has 0 spiro atoms. The number of carbonyl (C=O) groups is 1. The predicted molar refractivity (Wildman–Crippen MR) is 99.8 cm³/mol. The number of amides is 1. The second kappa shape index (κ2) is 7.24. The van der Waals surface area contributed by atoms with Crippen molar-refractivity contribution < 1.29 is 9.36 Å². The molecule has 1 aliphatic carbocycles. The molecule has 25 heavy (non-hydrogen) atoms. The van der Waals surface area contributed by atoms with Crippen LogP contribution < -0.4 is 14.8 Å². The number of hydrogen-bond donors (Lipinski definition) is 1. The van der Waals surface area contributed by atoms with Crippen molar-refractivity contribution in [2.45, 2.75) is 32.7 Å². The molecular weight excluding hydrogens is 332 g/mol. The largest absolute Gasteiger partial charge is 0.377 e. The van der Waals surface area contributed by atoms with Gasteiger partial charge in [0.1, 0.15) is 11.1 Å². The predicted octanol–water partition coefficient (Wildman–Crippen LogP) is 2.74. The topological polar surface area (TPSA) is 60.0 Å². The van der Waals surface area contributed by atoms with Gasteiger partial charge >= 0.3 is 0 Å². The summed E-state index contributed by atoms with van der Waals surface area (Å²) in [6.45, 7) is 2.47. The van der Waals surface area contributed by atoms with Crippen LogP contribution in [0.3, 0.4) is 0 Å². The van der Waals surface area contributed by atoms with E-state index >= 15 is 0 Å². The van der Waals surface area contributed by atoms with Crippen LogP contribution in [0.4, 0.5) is 10.7 Å². The van der Waals surface area contributed by atoms with Crippen LogP contribution in [-0.2, 0) is 24.2 Å². The SMILES string of the molecule is C[C@@H]1CCc2c(sc(NC(=O)C[n+]3ccc(N(C)C)cc3)c2C#N)C1. The first-order valence-corrected chi connectivity index (χ1v) is 9.30. The van der Waals surface area contributed by atoms with E-state index in [-0.39, 0.29) is 12.5 Å². The van der Waals surface area contributed by atoms with Gasteiger partial charge in [-0.2, -0.15) is 9.83 Å². The summed E-state index contributed by atoms with van der Waals surface area (Å²) in [7, 11) is 3.96. The summed E-state index contributed by atoms with van der Waals surface area (Å²) in [6.07, 6.45) is 6.83. The molecule has 1 amide bonds. The first-order chi connectivity index (χ1) is 12.0. The third-order valence-corrected chi connectivity index (χ3v) is 5.76. The van der Waals surface area contributed by atoms with Gasteiger partial charge in [0.15, 0.2) is 12.4 Å². The molecule has 2 aromatic rings. The van der Waals surface area contributed by atoms with Gasteiger partial charge in [0.25, 0.3) is 5.91 Å². The highest BCUT2D eigenvalue weighted by Gasteiger charge is 2.25. The van der Waals surface area contributed by atoms with Crippen molar-refractivity contribution in [2.75, 3.05) is 24.3 Å². The fourth-order valence-electron chi connectivity index (χ4n) is 3.14. The highest BCUT2D eigenvalue weighted by molar-refractivity contribution is 7.16. The Labute approximate surface area is 152 Å². The fourth-order valence-corrected chi connectivity index (χ4v) is 4.52. The highest BCUT2D eigenvalue weighted by atomic mass is 32.1. The second-order valence-electron chi connectivity index (χ2n) is 6.84. The molecule has 130 valence electrons. The van der Waals surface area contributed by atoms with Crippen molar-refractivity contribution in [1.29, 1.82) is 5.26 Å². The van der Waals surface area contributed by atoms with E-state index in [2.05, 4.69) is 18.3 Å². The van der Waals surface area contributed by atoms with Crippen LogP contribution >= 0.6 is 11.3 Å². The smallest absolute Gasteiger partial charge is 0.290 e. The summed E-state index contributed by atoms with van der Waals surface area (Å²) in [4.78, 5) is 15.7. The van der Waals surface area contributed by atoms with Crippen molar-refractivity contribution in [2.24, 2.45) is 5.92 Å². The van der Waals surface area contributed by atoms with Gasteiger partial charge in [-0.05, 0) is 30.7 Å². The molecule has 0 unspecified atom stereocenters. The second-order valence-corrected chi connectivity index (χ2v) is 7.94. The summed E-state index contributed by atoms with van der Waals surface area (Å²) in [5, 5.41) is 13.2. The van der Waals surface area contributed by atoms with Crippen LogP contribution in [0.2, 0.25) is 0 Å². The van der Waals surface area contributed by atoms with Crippen LogP contribution in [-0.4, -0.2) is 20.0 Å². The number of nitriles is 1. The zero-order valence-corrected chi connectivity index (χ0v) is 15.7. The van der Waals surface area contributed by atoms with E-state index in [1.165, 1.54) is 4.88 Å². The Balaban J connectivity index is 1.72. The highest BCUT2D eigenvalue weighted by Crippen LogP contribution is 2.39. The Hall–Kier alpha value is -2.39. The molecule has 0 aliphatic heterocycles. The molecule has 1 aliphatic rings. The van der Waals surface area contributed by atoms with Crippen LogP contribution in [0.1, 0.15) is 29.3 Å². The Morgan fingerprint density at radius 3 is 2.80 bits per heavy atom. The van der Waals surface area contributed by atoms with Gasteiger partial charge in [-0.15, -0.1) is 11.3 Å². The molecule has 0 saturated heterocycles. The Morgan fingerprint density at radius 1 is 1.44 bits per heavy atom. The number of aromatic nitrogens is 1. The molecule has 3 rings (SSSR count). The van der Waals surface area contributed by atoms with E-state index < -0.39 is 0 Å². The maximum atomic E-state index is 12.4. The zero-order valence-electron chi connectivity index (χ0n) is 14.9. The minimum atomic E-state index is -0.106. The number of nitrogens with zero attached hydrogens (tertiary/aromatic N) is 3. The average molecular weight is 355 g/mol. The van der Waals surface area contributed by atoms with E-state index in [0.717, 1.165) is 30.5 Å². The lowest BCUT2D eigenvalue weighted by Gasteiger charge is -2.17. The van der Waals surface area contributed by atoms with Crippen molar-refractivity contribution in [1.82, 2.24) is 0 Å². The van der Waals surface area contributed by atoms with Gasteiger partial charge in [-0.1, -0.05) is 6.92 Å². The fraction of sp³-hybridized carbons (Fsp3) is 0.421. The third kappa shape index (κ3) is 3.83. The lowest BCUT2D eigenvalue weighted by atomic mass is 9.89. The van der Waals surface area contributed by atoms with E-state index in [9.17, 15) is 10.1 Å². The molecule has 0 fully saturated rings. The number of fused-ring (bicyclic) bond motifs is 1. The van der Waals surface area contributed by atoms with E-state index in [0.29, 0.717) is 16.5 Å².